The van der Waals surface area contributed by atoms with Crippen LogP contribution in [0.5, 0.6) is 11.5 Å². The van der Waals surface area contributed by atoms with Crippen LogP contribution < -0.4 is 9.47 Å². The van der Waals surface area contributed by atoms with Gasteiger partial charge in [0.2, 0.25) is 0 Å². The summed E-state index contributed by atoms with van der Waals surface area (Å²) in [5.41, 5.74) is 5.11. The molecule has 0 spiro atoms. The Hall–Kier alpha value is -3.27. The van der Waals surface area contributed by atoms with E-state index in [1.165, 1.54) is 0 Å². The van der Waals surface area contributed by atoms with E-state index in [2.05, 4.69) is 11.3 Å². The first-order chi connectivity index (χ1) is 12.8. The number of aromatic nitrogens is 2. The fourth-order valence-electron chi connectivity index (χ4n) is 3.06. The SMILES string of the molecule is COc1cc(-c2nc3ccccn3c2C)ccc1OCc1ccccc1. The average molecular weight is 344 g/mol. The number of rotatable bonds is 5. The molecule has 0 saturated heterocycles. The van der Waals surface area contributed by atoms with Crippen LogP contribution in [0.15, 0.2) is 72.9 Å². The molecule has 0 bridgehead atoms. The molecule has 0 aliphatic heterocycles. The second-order valence-electron chi connectivity index (χ2n) is 6.11. The van der Waals surface area contributed by atoms with Crippen LogP contribution in [0.4, 0.5) is 0 Å². The normalized spacial score (nSPS) is 10.8. The van der Waals surface area contributed by atoms with Gasteiger partial charge in [-0.25, -0.2) is 4.98 Å². The maximum Gasteiger partial charge on any atom is 0.161 e. The first-order valence-corrected chi connectivity index (χ1v) is 8.55. The van der Waals surface area contributed by atoms with Crippen LogP contribution in [0.3, 0.4) is 0 Å². The molecule has 4 nitrogen and oxygen atoms in total. The van der Waals surface area contributed by atoms with Gasteiger partial charge in [0, 0.05) is 17.5 Å². The predicted octanol–water partition coefficient (Wildman–Crippen LogP) is 4.90. The maximum atomic E-state index is 5.94. The molecular formula is C22H20N2O2. The van der Waals surface area contributed by atoms with Crippen molar-refractivity contribution in [3.8, 4) is 22.8 Å². The summed E-state index contributed by atoms with van der Waals surface area (Å²) in [6.07, 6.45) is 2.02. The smallest absolute Gasteiger partial charge is 0.161 e. The highest BCUT2D eigenvalue weighted by atomic mass is 16.5. The number of hydrogen-bond acceptors (Lipinski definition) is 3. The topological polar surface area (TPSA) is 35.8 Å². The van der Waals surface area contributed by atoms with Crippen LogP contribution >= 0.6 is 0 Å². The molecule has 2 aromatic heterocycles. The van der Waals surface area contributed by atoms with E-state index in [9.17, 15) is 0 Å². The number of benzene rings is 2. The molecule has 26 heavy (non-hydrogen) atoms. The van der Waals surface area contributed by atoms with Crippen LogP contribution in [-0.2, 0) is 6.61 Å². The number of fused-ring (bicyclic) bond motifs is 1. The van der Waals surface area contributed by atoms with E-state index in [0.29, 0.717) is 12.4 Å². The molecule has 4 heteroatoms. The molecule has 0 radical (unpaired) electrons. The molecule has 0 aliphatic rings. The Kier molecular flexibility index (Phi) is 4.32. The summed E-state index contributed by atoms with van der Waals surface area (Å²) in [5.74, 6) is 1.43. The van der Waals surface area contributed by atoms with Crippen LogP contribution in [0.25, 0.3) is 16.9 Å². The lowest BCUT2D eigenvalue weighted by molar-refractivity contribution is 0.284. The summed E-state index contributed by atoms with van der Waals surface area (Å²) in [7, 11) is 1.66. The molecule has 0 aliphatic carbocycles. The van der Waals surface area contributed by atoms with Gasteiger partial charge in [0.05, 0.1) is 12.8 Å². The number of hydrogen-bond donors (Lipinski definition) is 0. The molecule has 4 aromatic rings. The first kappa shape index (κ1) is 16.2. The van der Waals surface area contributed by atoms with Crippen LogP contribution in [0.1, 0.15) is 11.3 Å². The van der Waals surface area contributed by atoms with Gasteiger partial charge in [-0.05, 0) is 42.8 Å². The van der Waals surface area contributed by atoms with Crippen molar-refractivity contribution in [3.05, 3.63) is 84.2 Å². The molecular weight excluding hydrogens is 324 g/mol. The minimum atomic E-state index is 0.504. The van der Waals surface area contributed by atoms with E-state index >= 15 is 0 Å². The molecule has 130 valence electrons. The van der Waals surface area contributed by atoms with Gasteiger partial charge in [-0.1, -0.05) is 36.4 Å². The minimum Gasteiger partial charge on any atom is -0.493 e. The van der Waals surface area contributed by atoms with Crippen LogP contribution in [0, 0.1) is 6.92 Å². The highest BCUT2D eigenvalue weighted by Gasteiger charge is 2.13. The molecule has 2 aromatic carbocycles. The molecule has 0 unspecified atom stereocenters. The van der Waals surface area contributed by atoms with Crippen molar-refractivity contribution in [1.82, 2.24) is 9.38 Å². The van der Waals surface area contributed by atoms with Gasteiger partial charge in [-0.15, -0.1) is 0 Å². The third-order valence-corrected chi connectivity index (χ3v) is 4.44. The summed E-state index contributed by atoms with van der Waals surface area (Å²) >= 11 is 0. The standard InChI is InChI=1S/C22H20N2O2/c1-16-22(23-21-10-6-7-13-24(16)21)18-11-12-19(20(14-18)25-2)26-15-17-8-4-3-5-9-17/h3-14H,15H2,1-2H3. The second-order valence-corrected chi connectivity index (χ2v) is 6.11. The Morgan fingerprint density at radius 3 is 2.50 bits per heavy atom. The number of imidazole rings is 1. The third-order valence-electron chi connectivity index (χ3n) is 4.44. The minimum absolute atomic E-state index is 0.504. The Morgan fingerprint density at radius 1 is 0.923 bits per heavy atom. The van der Waals surface area contributed by atoms with Crippen molar-refractivity contribution < 1.29 is 9.47 Å². The molecule has 4 rings (SSSR count). The second kappa shape index (κ2) is 6.92. The number of aryl methyl sites for hydroxylation is 1. The van der Waals surface area contributed by atoms with Gasteiger partial charge in [-0.3, -0.25) is 0 Å². The van der Waals surface area contributed by atoms with Gasteiger partial charge in [-0.2, -0.15) is 0 Å². The van der Waals surface area contributed by atoms with Gasteiger partial charge < -0.3 is 13.9 Å². The zero-order valence-corrected chi connectivity index (χ0v) is 14.8. The lowest BCUT2D eigenvalue weighted by Gasteiger charge is -2.12. The third kappa shape index (κ3) is 3.02. The van der Waals surface area contributed by atoms with Gasteiger partial charge in [0.15, 0.2) is 11.5 Å². The highest BCUT2D eigenvalue weighted by Crippen LogP contribution is 2.34. The van der Waals surface area contributed by atoms with E-state index in [-0.39, 0.29) is 0 Å². The lowest BCUT2D eigenvalue weighted by Crippen LogP contribution is -1.98. The molecule has 0 saturated carbocycles. The van der Waals surface area contributed by atoms with E-state index in [1.54, 1.807) is 7.11 Å². The van der Waals surface area contributed by atoms with Crippen molar-refractivity contribution in [1.29, 1.82) is 0 Å². The number of nitrogens with zero attached hydrogens (tertiary/aromatic N) is 2. The van der Waals surface area contributed by atoms with E-state index in [4.69, 9.17) is 14.5 Å². The Balaban J connectivity index is 1.65. The Morgan fingerprint density at radius 2 is 1.73 bits per heavy atom. The molecule has 0 fully saturated rings. The fraction of sp³-hybridized carbons (Fsp3) is 0.136. The van der Waals surface area contributed by atoms with E-state index in [0.717, 1.165) is 33.9 Å². The van der Waals surface area contributed by atoms with Crippen molar-refractivity contribution in [2.75, 3.05) is 7.11 Å². The summed E-state index contributed by atoms with van der Waals surface area (Å²) in [5, 5.41) is 0. The summed E-state index contributed by atoms with van der Waals surface area (Å²) in [4.78, 5) is 4.75. The Labute approximate surface area is 152 Å². The number of pyridine rings is 1. The molecule has 0 atom stereocenters. The van der Waals surface area contributed by atoms with Crippen LogP contribution in [0.2, 0.25) is 0 Å². The maximum absolute atomic E-state index is 5.94. The van der Waals surface area contributed by atoms with Crippen molar-refractivity contribution in [3.63, 3.8) is 0 Å². The van der Waals surface area contributed by atoms with Crippen LogP contribution in [-0.4, -0.2) is 16.5 Å². The van der Waals surface area contributed by atoms with Gasteiger partial charge >= 0.3 is 0 Å². The average Bonchev–Trinajstić information content (AvgIpc) is 3.04. The van der Waals surface area contributed by atoms with Crippen molar-refractivity contribution >= 4 is 5.65 Å². The summed E-state index contributed by atoms with van der Waals surface area (Å²) in [6.45, 7) is 2.57. The predicted molar refractivity (Wildman–Crippen MR) is 103 cm³/mol. The summed E-state index contributed by atoms with van der Waals surface area (Å²) in [6, 6.07) is 22.0. The van der Waals surface area contributed by atoms with Gasteiger partial charge in [0.1, 0.15) is 12.3 Å². The monoisotopic (exact) mass is 344 g/mol. The zero-order chi connectivity index (χ0) is 17.9. The van der Waals surface area contributed by atoms with E-state index < -0.39 is 0 Å². The highest BCUT2D eigenvalue weighted by molar-refractivity contribution is 5.69. The number of methoxy groups -OCH3 is 1. The first-order valence-electron chi connectivity index (χ1n) is 8.55. The zero-order valence-electron chi connectivity index (χ0n) is 14.8. The molecule has 2 heterocycles. The van der Waals surface area contributed by atoms with Crippen molar-refractivity contribution in [2.24, 2.45) is 0 Å². The van der Waals surface area contributed by atoms with Crippen molar-refractivity contribution in [2.45, 2.75) is 13.5 Å². The Bertz CT molecular complexity index is 1040. The number of ether oxygens (including phenoxy) is 2. The summed E-state index contributed by atoms with van der Waals surface area (Å²) < 4.78 is 13.6. The lowest BCUT2D eigenvalue weighted by atomic mass is 10.1. The fourth-order valence-corrected chi connectivity index (χ4v) is 3.06. The largest absolute Gasteiger partial charge is 0.493 e. The quantitative estimate of drug-likeness (QED) is 0.517. The molecule has 0 N–H and O–H groups in total. The molecule has 0 amide bonds. The van der Waals surface area contributed by atoms with Gasteiger partial charge in [0.25, 0.3) is 0 Å². The van der Waals surface area contributed by atoms with E-state index in [1.807, 2.05) is 72.9 Å².